The molecule has 0 saturated carbocycles. The molecule has 0 amide bonds. The van der Waals surface area contributed by atoms with Gasteiger partial charge in [-0.2, -0.15) is 0 Å². The van der Waals surface area contributed by atoms with Crippen molar-refractivity contribution >= 4 is 15.9 Å². The summed E-state index contributed by atoms with van der Waals surface area (Å²) in [5.41, 5.74) is 1.12. The van der Waals surface area contributed by atoms with Crippen LogP contribution in [0.1, 0.15) is 5.56 Å². The van der Waals surface area contributed by atoms with Gasteiger partial charge in [-0.05, 0) is 30.7 Å². The molecule has 0 unspecified atom stereocenters. The van der Waals surface area contributed by atoms with Crippen LogP contribution < -0.4 is 4.74 Å². The highest BCUT2D eigenvalue weighted by Crippen LogP contribution is 2.22. The largest absolute Gasteiger partial charge is 0.439 e. The summed E-state index contributed by atoms with van der Waals surface area (Å²) < 4.78 is 6.57. The maximum atomic E-state index is 5.57. The summed E-state index contributed by atoms with van der Waals surface area (Å²) >= 11 is 3.39. The van der Waals surface area contributed by atoms with Gasteiger partial charge >= 0.3 is 0 Å². The Balaban J connectivity index is 2.18. The third-order valence-electron chi connectivity index (χ3n) is 1.90. The van der Waals surface area contributed by atoms with E-state index in [1.165, 1.54) is 0 Å². The number of rotatable bonds is 2. The van der Waals surface area contributed by atoms with E-state index in [4.69, 9.17) is 4.74 Å². The van der Waals surface area contributed by atoms with E-state index < -0.39 is 0 Å². The molecule has 0 saturated heterocycles. The van der Waals surface area contributed by atoms with Crippen LogP contribution in [0.3, 0.4) is 0 Å². The maximum Gasteiger partial charge on any atom is 0.219 e. The molecular weight excluding hydrogens is 254 g/mol. The molecule has 0 aliphatic heterocycles. The number of hydrogen-bond donors (Lipinski definition) is 0. The van der Waals surface area contributed by atoms with E-state index in [0.29, 0.717) is 5.88 Å². The van der Waals surface area contributed by atoms with Crippen molar-refractivity contribution in [3.63, 3.8) is 0 Å². The Morgan fingerprint density at radius 2 is 2.07 bits per heavy atom. The van der Waals surface area contributed by atoms with Crippen molar-refractivity contribution in [2.45, 2.75) is 6.92 Å². The van der Waals surface area contributed by atoms with Crippen LogP contribution in [0.5, 0.6) is 11.6 Å². The fraction of sp³-hybridized carbons (Fsp3) is 0.0833. The molecule has 1 aromatic heterocycles. The predicted octanol–water partition coefficient (Wildman–Crippen LogP) is 3.94. The van der Waals surface area contributed by atoms with E-state index in [1.807, 2.05) is 43.3 Å². The van der Waals surface area contributed by atoms with E-state index in [0.717, 1.165) is 15.8 Å². The second-order valence-corrected chi connectivity index (χ2v) is 4.15. The summed E-state index contributed by atoms with van der Waals surface area (Å²) in [5, 5.41) is 0. The highest BCUT2D eigenvalue weighted by Gasteiger charge is 1.98. The van der Waals surface area contributed by atoms with Crippen LogP contribution in [0.15, 0.2) is 47.1 Å². The molecule has 0 fully saturated rings. The van der Waals surface area contributed by atoms with E-state index in [9.17, 15) is 0 Å². The van der Waals surface area contributed by atoms with Crippen LogP contribution in [0.2, 0.25) is 0 Å². The topological polar surface area (TPSA) is 22.1 Å². The lowest BCUT2D eigenvalue weighted by Crippen LogP contribution is -1.87. The number of hydrogen-bond acceptors (Lipinski definition) is 2. The van der Waals surface area contributed by atoms with Gasteiger partial charge in [0.15, 0.2) is 0 Å². The highest BCUT2D eigenvalue weighted by molar-refractivity contribution is 9.10. The average Bonchev–Trinajstić information content (AvgIpc) is 2.22. The number of nitrogens with zero attached hydrogens (tertiary/aromatic N) is 1. The Hall–Kier alpha value is -1.35. The summed E-state index contributed by atoms with van der Waals surface area (Å²) in [6.07, 6.45) is 1.79. The predicted molar refractivity (Wildman–Crippen MR) is 63.2 cm³/mol. The van der Waals surface area contributed by atoms with Crippen molar-refractivity contribution < 1.29 is 4.74 Å². The monoisotopic (exact) mass is 263 g/mol. The third-order valence-corrected chi connectivity index (χ3v) is 2.40. The quantitative estimate of drug-likeness (QED) is 0.819. The second-order valence-electron chi connectivity index (χ2n) is 3.23. The molecular formula is C12H10BrNO. The molecule has 2 rings (SSSR count). The standard InChI is InChI=1S/C12H10BrNO/c1-9-5-6-12(14-8-9)15-11-4-2-3-10(13)7-11/h2-8H,1H3. The molecule has 3 heteroatoms. The lowest BCUT2D eigenvalue weighted by atomic mass is 10.3. The number of benzene rings is 1. The van der Waals surface area contributed by atoms with Crippen molar-refractivity contribution in [3.05, 3.63) is 52.6 Å². The van der Waals surface area contributed by atoms with Gasteiger partial charge in [-0.3, -0.25) is 0 Å². The first-order chi connectivity index (χ1) is 7.24. The molecule has 0 aliphatic carbocycles. The van der Waals surface area contributed by atoms with Gasteiger partial charge < -0.3 is 4.74 Å². The van der Waals surface area contributed by atoms with Crippen LogP contribution >= 0.6 is 15.9 Å². The number of ether oxygens (including phenoxy) is 1. The minimum absolute atomic E-state index is 0.610. The summed E-state index contributed by atoms with van der Waals surface area (Å²) in [4.78, 5) is 4.17. The van der Waals surface area contributed by atoms with E-state index >= 15 is 0 Å². The summed E-state index contributed by atoms with van der Waals surface area (Å²) in [5.74, 6) is 1.39. The van der Waals surface area contributed by atoms with Crippen molar-refractivity contribution in [1.82, 2.24) is 4.98 Å². The normalized spacial score (nSPS) is 10.0. The smallest absolute Gasteiger partial charge is 0.219 e. The molecule has 0 aliphatic rings. The van der Waals surface area contributed by atoms with E-state index in [-0.39, 0.29) is 0 Å². The van der Waals surface area contributed by atoms with Gasteiger partial charge in [-0.1, -0.05) is 28.1 Å². The lowest BCUT2D eigenvalue weighted by molar-refractivity contribution is 0.462. The molecule has 15 heavy (non-hydrogen) atoms. The van der Waals surface area contributed by atoms with Crippen molar-refractivity contribution in [1.29, 1.82) is 0 Å². The van der Waals surface area contributed by atoms with Gasteiger partial charge in [0, 0.05) is 16.7 Å². The molecule has 76 valence electrons. The van der Waals surface area contributed by atoms with Crippen molar-refractivity contribution in [2.75, 3.05) is 0 Å². The molecule has 0 spiro atoms. The van der Waals surface area contributed by atoms with Crippen LogP contribution in [-0.2, 0) is 0 Å². The van der Waals surface area contributed by atoms with Crippen LogP contribution in [0, 0.1) is 6.92 Å². The molecule has 2 nitrogen and oxygen atoms in total. The molecule has 0 atom stereocenters. The first-order valence-corrected chi connectivity index (χ1v) is 5.39. The van der Waals surface area contributed by atoms with E-state index in [1.54, 1.807) is 6.20 Å². The number of halogens is 1. The Morgan fingerprint density at radius 1 is 1.20 bits per heavy atom. The number of pyridine rings is 1. The zero-order chi connectivity index (χ0) is 10.7. The maximum absolute atomic E-state index is 5.57. The molecule has 1 aromatic carbocycles. The van der Waals surface area contributed by atoms with Crippen LogP contribution in [0.4, 0.5) is 0 Å². The Kier molecular flexibility index (Phi) is 3.02. The van der Waals surface area contributed by atoms with Crippen LogP contribution in [-0.4, -0.2) is 4.98 Å². The third kappa shape index (κ3) is 2.80. The van der Waals surface area contributed by atoms with Gasteiger partial charge in [0.1, 0.15) is 5.75 Å². The van der Waals surface area contributed by atoms with Gasteiger partial charge in [0.25, 0.3) is 0 Å². The second kappa shape index (κ2) is 4.45. The van der Waals surface area contributed by atoms with Crippen LogP contribution in [0.25, 0.3) is 0 Å². The first kappa shape index (κ1) is 10.2. The van der Waals surface area contributed by atoms with Gasteiger partial charge in [-0.25, -0.2) is 4.98 Å². The highest BCUT2D eigenvalue weighted by atomic mass is 79.9. The first-order valence-electron chi connectivity index (χ1n) is 4.60. The zero-order valence-corrected chi connectivity index (χ0v) is 9.86. The minimum Gasteiger partial charge on any atom is -0.439 e. The number of aromatic nitrogens is 1. The minimum atomic E-state index is 0.610. The Bertz CT molecular complexity index is 453. The Morgan fingerprint density at radius 3 is 2.73 bits per heavy atom. The van der Waals surface area contributed by atoms with E-state index in [2.05, 4.69) is 20.9 Å². The Labute approximate surface area is 97.1 Å². The van der Waals surface area contributed by atoms with Crippen molar-refractivity contribution in [3.8, 4) is 11.6 Å². The molecule has 0 radical (unpaired) electrons. The van der Waals surface area contributed by atoms with Gasteiger partial charge in [-0.15, -0.1) is 0 Å². The molecule has 0 N–H and O–H groups in total. The van der Waals surface area contributed by atoms with Gasteiger partial charge in [0.05, 0.1) is 0 Å². The fourth-order valence-corrected chi connectivity index (χ4v) is 1.54. The molecule has 0 bridgehead atoms. The SMILES string of the molecule is Cc1ccc(Oc2cccc(Br)c2)nc1. The lowest BCUT2D eigenvalue weighted by Gasteiger charge is -2.04. The summed E-state index contributed by atoms with van der Waals surface area (Å²) in [6.45, 7) is 2.00. The fourth-order valence-electron chi connectivity index (χ4n) is 1.17. The number of aryl methyl sites for hydroxylation is 1. The van der Waals surface area contributed by atoms with Crippen molar-refractivity contribution in [2.24, 2.45) is 0 Å². The molecule has 2 aromatic rings. The average molecular weight is 264 g/mol. The van der Waals surface area contributed by atoms with Gasteiger partial charge in [0.2, 0.25) is 5.88 Å². The molecule has 1 heterocycles. The zero-order valence-electron chi connectivity index (χ0n) is 8.27. The summed E-state index contributed by atoms with van der Waals surface area (Å²) in [6, 6.07) is 11.5. The summed E-state index contributed by atoms with van der Waals surface area (Å²) in [7, 11) is 0.